The van der Waals surface area contributed by atoms with Gasteiger partial charge in [0.1, 0.15) is 17.3 Å². The van der Waals surface area contributed by atoms with Crippen molar-refractivity contribution in [2.45, 2.75) is 25.6 Å². The average molecular weight is 442 g/mol. The van der Waals surface area contributed by atoms with Crippen molar-refractivity contribution < 1.29 is 22.6 Å². The first-order chi connectivity index (χ1) is 14.9. The molecule has 31 heavy (non-hydrogen) atoms. The lowest BCUT2D eigenvalue weighted by Crippen LogP contribution is -2.18. The summed E-state index contributed by atoms with van der Waals surface area (Å²) in [4.78, 5) is 0. The zero-order valence-electron chi connectivity index (χ0n) is 17.7. The van der Waals surface area contributed by atoms with E-state index in [0.29, 0.717) is 23.7 Å². The molecular weight excluding hydrogens is 417 g/mol. The van der Waals surface area contributed by atoms with Gasteiger partial charge in [0.15, 0.2) is 17.4 Å². The van der Waals surface area contributed by atoms with Crippen molar-refractivity contribution in [1.82, 2.24) is 0 Å². The molecule has 0 spiro atoms. The van der Waals surface area contributed by atoms with E-state index in [0.717, 1.165) is 0 Å². The fourth-order valence-corrected chi connectivity index (χ4v) is 4.73. The molecule has 0 N–H and O–H groups in total. The Kier molecular flexibility index (Phi) is 7.58. The summed E-state index contributed by atoms with van der Waals surface area (Å²) < 4.78 is 55.7. The molecule has 0 saturated carbocycles. The molecular formula is C25H24F3O2Si. The summed E-state index contributed by atoms with van der Waals surface area (Å²) in [5, 5.41) is 0. The number of para-hydroxylation sites is 1. The molecule has 3 rings (SSSR count). The van der Waals surface area contributed by atoms with E-state index in [9.17, 15) is 4.39 Å². The minimum Gasteiger partial charge on any atom is -0.494 e. The SMILES string of the molecule is CCOc1ccc(C(F)=C(F)C(c2ccc(F)c(Oc3ccccc3)c2)[Si](C)C)cc1. The predicted molar refractivity (Wildman–Crippen MR) is 120 cm³/mol. The number of hydrogen-bond acceptors (Lipinski definition) is 2. The van der Waals surface area contributed by atoms with Crippen LogP contribution in [-0.4, -0.2) is 15.4 Å². The van der Waals surface area contributed by atoms with Gasteiger partial charge in [-0.1, -0.05) is 37.4 Å². The molecule has 0 heterocycles. The van der Waals surface area contributed by atoms with Crippen molar-refractivity contribution in [1.29, 1.82) is 0 Å². The Hall–Kier alpha value is -2.99. The maximum Gasteiger partial charge on any atom is 0.165 e. The second-order valence-corrected chi connectivity index (χ2v) is 9.97. The highest BCUT2D eigenvalue weighted by Crippen LogP contribution is 2.37. The van der Waals surface area contributed by atoms with Crippen molar-refractivity contribution in [3.05, 3.63) is 95.6 Å². The summed E-state index contributed by atoms with van der Waals surface area (Å²) in [7, 11) is -1.37. The van der Waals surface area contributed by atoms with Crippen LogP contribution in [0.3, 0.4) is 0 Å². The fraction of sp³-hybridized carbons (Fsp3) is 0.200. The van der Waals surface area contributed by atoms with E-state index in [1.54, 1.807) is 36.4 Å². The van der Waals surface area contributed by atoms with Gasteiger partial charge in [0.2, 0.25) is 0 Å². The third-order valence-corrected chi connectivity index (χ3v) is 6.46. The van der Waals surface area contributed by atoms with Gasteiger partial charge < -0.3 is 9.47 Å². The third-order valence-electron chi connectivity index (χ3n) is 4.72. The van der Waals surface area contributed by atoms with Crippen molar-refractivity contribution in [2.24, 2.45) is 0 Å². The first kappa shape index (κ1) is 22.7. The van der Waals surface area contributed by atoms with Crippen LogP contribution in [0, 0.1) is 5.82 Å². The first-order valence-electron chi connectivity index (χ1n) is 10.0. The molecule has 1 unspecified atom stereocenters. The molecule has 0 aliphatic heterocycles. The van der Waals surface area contributed by atoms with Gasteiger partial charge in [0.05, 0.1) is 15.4 Å². The Balaban J connectivity index is 1.95. The van der Waals surface area contributed by atoms with Gasteiger partial charge in [-0.3, -0.25) is 0 Å². The molecule has 161 valence electrons. The molecule has 6 heteroatoms. The summed E-state index contributed by atoms with van der Waals surface area (Å²) in [5.74, 6) is -1.32. The standard InChI is InChI=1S/C25H24F3O2Si/c1-4-29-19-13-10-17(11-14-19)23(27)24(28)25(31(2)3)18-12-15-21(26)22(16-18)30-20-8-6-5-7-9-20/h5-16,25H,4H2,1-3H3. The molecule has 3 aromatic carbocycles. The van der Waals surface area contributed by atoms with Gasteiger partial charge in [-0.2, -0.15) is 0 Å². The quantitative estimate of drug-likeness (QED) is 0.333. The van der Waals surface area contributed by atoms with Crippen LogP contribution in [0.1, 0.15) is 23.6 Å². The van der Waals surface area contributed by atoms with E-state index in [2.05, 4.69) is 0 Å². The minimum atomic E-state index is -1.37. The Morgan fingerprint density at radius 1 is 0.903 bits per heavy atom. The maximum absolute atomic E-state index is 15.4. The molecule has 0 aliphatic rings. The van der Waals surface area contributed by atoms with Crippen molar-refractivity contribution in [3.63, 3.8) is 0 Å². The van der Waals surface area contributed by atoms with Crippen molar-refractivity contribution in [3.8, 4) is 17.2 Å². The summed E-state index contributed by atoms with van der Waals surface area (Å²) in [6.45, 7) is 6.12. The van der Waals surface area contributed by atoms with Crippen LogP contribution in [-0.2, 0) is 0 Å². The smallest absolute Gasteiger partial charge is 0.165 e. The molecule has 0 fully saturated rings. The van der Waals surface area contributed by atoms with Crippen LogP contribution < -0.4 is 9.47 Å². The first-order valence-corrected chi connectivity index (χ1v) is 12.6. The average Bonchev–Trinajstić information content (AvgIpc) is 2.77. The second kappa shape index (κ2) is 10.4. The van der Waals surface area contributed by atoms with E-state index in [1.807, 2.05) is 26.1 Å². The summed E-state index contributed by atoms with van der Waals surface area (Å²) in [5.41, 5.74) is -0.183. The predicted octanol–water partition coefficient (Wildman–Crippen LogP) is 7.70. The van der Waals surface area contributed by atoms with Crippen LogP contribution >= 0.6 is 0 Å². The molecule has 2 nitrogen and oxygen atoms in total. The zero-order chi connectivity index (χ0) is 22.4. The van der Waals surface area contributed by atoms with Crippen LogP contribution in [0.5, 0.6) is 17.2 Å². The van der Waals surface area contributed by atoms with E-state index >= 15 is 8.78 Å². The number of rotatable bonds is 8. The Labute approximate surface area is 182 Å². The van der Waals surface area contributed by atoms with E-state index in [4.69, 9.17) is 9.47 Å². The van der Waals surface area contributed by atoms with Gasteiger partial charge in [-0.25, -0.2) is 13.2 Å². The number of benzene rings is 3. The van der Waals surface area contributed by atoms with E-state index < -0.39 is 31.8 Å². The van der Waals surface area contributed by atoms with Crippen molar-refractivity contribution in [2.75, 3.05) is 6.61 Å². The van der Waals surface area contributed by atoms with Crippen LogP contribution in [0.4, 0.5) is 13.2 Å². The number of allylic oxidation sites excluding steroid dienone is 1. The summed E-state index contributed by atoms with van der Waals surface area (Å²) in [6.07, 6.45) is 0. The van der Waals surface area contributed by atoms with Crippen LogP contribution in [0.2, 0.25) is 13.1 Å². The van der Waals surface area contributed by atoms with Gasteiger partial charge in [0.25, 0.3) is 0 Å². The molecule has 1 radical (unpaired) electrons. The Morgan fingerprint density at radius 2 is 1.58 bits per heavy atom. The zero-order valence-corrected chi connectivity index (χ0v) is 18.7. The topological polar surface area (TPSA) is 18.5 Å². The monoisotopic (exact) mass is 441 g/mol. The number of hydrogen-bond donors (Lipinski definition) is 0. The van der Waals surface area contributed by atoms with Crippen LogP contribution in [0.25, 0.3) is 5.83 Å². The number of ether oxygens (including phenoxy) is 2. The highest BCUT2D eigenvalue weighted by atomic mass is 28.3. The Bertz CT molecular complexity index is 1030. The highest BCUT2D eigenvalue weighted by Gasteiger charge is 2.27. The highest BCUT2D eigenvalue weighted by molar-refractivity contribution is 6.58. The summed E-state index contributed by atoms with van der Waals surface area (Å²) >= 11 is 0. The normalized spacial score (nSPS) is 13.0. The van der Waals surface area contributed by atoms with Gasteiger partial charge >= 0.3 is 0 Å². The minimum absolute atomic E-state index is 0.0220. The number of halogens is 3. The summed E-state index contributed by atoms with van der Waals surface area (Å²) in [6, 6.07) is 19.1. The molecule has 0 bridgehead atoms. The fourth-order valence-electron chi connectivity index (χ4n) is 3.26. The largest absolute Gasteiger partial charge is 0.494 e. The third kappa shape index (κ3) is 5.58. The van der Waals surface area contributed by atoms with E-state index in [1.165, 1.54) is 30.3 Å². The van der Waals surface area contributed by atoms with E-state index in [-0.39, 0.29) is 11.3 Å². The van der Waals surface area contributed by atoms with Crippen LogP contribution in [0.15, 0.2) is 78.6 Å². The second-order valence-electron chi connectivity index (χ2n) is 7.23. The maximum atomic E-state index is 15.4. The van der Waals surface area contributed by atoms with Crippen molar-refractivity contribution >= 4 is 14.6 Å². The Morgan fingerprint density at radius 3 is 2.19 bits per heavy atom. The molecule has 0 amide bonds. The lowest BCUT2D eigenvalue weighted by molar-refractivity contribution is 0.340. The lowest BCUT2D eigenvalue weighted by Gasteiger charge is -2.20. The molecule has 1 atom stereocenters. The molecule has 3 aromatic rings. The van der Waals surface area contributed by atoms with Gasteiger partial charge in [-0.05, 0) is 61.0 Å². The molecule has 0 aliphatic carbocycles. The lowest BCUT2D eigenvalue weighted by atomic mass is 10.1. The molecule has 0 aromatic heterocycles. The molecule has 0 saturated heterocycles. The van der Waals surface area contributed by atoms with Gasteiger partial charge in [-0.15, -0.1) is 0 Å². The van der Waals surface area contributed by atoms with Gasteiger partial charge in [0, 0.05) is 11.1 Å².